The molecule has 2 fully saturated rings. The zero-order valence-electron chi connectivity index (χ0n) is 18.4. The monoisotopic (exact) mass is 461 g/mol. The van der Waals surface area contributed by atoms with E-state index < -0.39 is 5.59 Å². The number of hydrogen-bond donors (Lipinski definition) is 3. The van der Waals surface area contributed by atoms with Crippen LogP contribution in [0.15, 0.2) is 36.0 Å². The van der Waals surface area contributed by atoms with Crippen LogP contribution in [0.5, 0.6) is 5.88 Å². The molecule has 0 bridgehead atoms. The third-order valence-electron chi connectivity index (χ3n) is 5.41. The molecule has 2 heterocycles. The van der Waals surface area contributed by atoms with Gasteiger partial charge in [0.2, 0.25) is 5.88 Å². The van der Waals surface area contributed by atoms with E-state index in [2.05, 4.69) is 25.6 Å². The van der Waals surface area contributed by atoms with Crippen LogP contribution in [0, 0.1) is 5.92 Å². The summed E-state index contributed by atoms with van der Waals surface area (Å²) in [4.78, 5) is 26.4. The summed E-state index contributed by atoms with van der Waals surface area (Å²) in [5, 5.41) is 17.9. The highest BCUT2D eigenvalue weighted by atomic mass is 32.2. The maximum Gasteiger partial charge on any atom is 0.274 e. The first-order chi connectivity index (χ1) is 15.8. The smallest absolute Gasteiger partial charge is 0.274 e. The van der Waals surface area contributed by atoms with Crippen LogP contribution in [0.3, 0.4) is 0 Å². The zero-order valence-corrected chi connectivity index (χ0v) is 19.2. The van der Waals surface area contributed by atoms with Gasteiger partial charge in [0.25, 0.3) is 5.91 Å². The Labute approximate surface area is 200 Å². The number of carbonyl (C=O) groups is 1. The summed E-state index contributed by atoms with van der Waals surface area (Å²) in [6, 6.07) is 3.43. The molecule has 11 heteroatoms. The Morgan fingerprint density at radius 2 is 2.15 bits per heavy atom. The Hall–Kier alpha value is -2.52. The van der Waals surface area contributed by atoms with Crippen molar-refractivity contribution in [3.05, 3.63) is 53.0 Å². The minimum Gasteiger partial charge on any atom is -0.465 e. The molecular weight excluding hydrogens is 436 g/mol. The lowest BCUT2D eigenvalue weighted by atomic mass is 9.76. The molecule has 8 nitrogen and oxygen atoms in total. The number of aromatic nitrogens is 3. The predicted octanol–water partition coefficient (Wildman–Crippen LogP) is 2.07. The molecule has 2 aromatic rings. The number of aliphatic hydroxyl groups is 1. The number of pyridine rings is 1. The van der Waals surface area contributed by atoms with Gasteiger partial charge in [-0.15, -0.1) is 11.8 Å². The van der Waals surface area contributed by atoms with Crippen molar-refractivity contribution in [2.24, 2.45) is 5.92 Å². The summed E-state index contributed by atoms with van der Waals surface area (Å²) in [7, 11) is 10.7. The summed E-state index contributed by atoms with van der Waals surface area (Å²) in [5.41, 5.74) is -0.697. The summed E-state index contributed by atoms with van der Waals surface area (Å²) in [6.45, 7) is 0.209. The predicted molar refractivity (Wildman–Crippen MR) is 129 cm³/mol. The van der Waals surface area contributed by atoms with E-state index in [1.54, 1.807) is 30.1 Å². The molecule has 1 unspecified atom stereocenters. The number of ether oxygens (including phenoxy) is 1. The fourth-order valence-corrected chi connectivity index (χ4v) is 3.74. The van der Waals surface area contributed by atoms with Crippen LogP contribution in [0.2, 0.25) is 0 Å². The largest absolute Gasteiger partial charge is 0.465 e. The minimum absolute atomic E-state index is 0.0344. The SMILES string of the molecule is [B]C([B])(O)Oc1ncccc1CNc1nc(C2CC2)cnc1C(=O)NC(/C=C/SC)C1CC1. The van der Waals surface area contributed by atoms with Crippen LogP contribution < -0.4 is 15.4 Å². The Balaban J connectivity index is 1.54. The van der Waals surface area contributed by atoms with Crippen molar-refractivity contribution >= 4 is 39.2 Å². The second kappa shape index (κ2) is 10.2. The Bertz CT molecular complexity index is 1030. The van der Waals surface area contributed by atoms with Gasteiger partial charge in [-0.3, -0.25) is 4.79 Å². The highest BCUT2D eigenvalue weighted by Gasteiger charge is 2.32. The number of amides is 1. The number of nitrogens with one attached hydrogen (secondary N) is 2. The van der Waals surface area contributed by atoms with E-state index >= 15 is 0 Å². The van der Waals surface area contributed by atoms with Gasteiger partial charge in [-0.05, 0) is 49.3 Å². The highest BCUT2D eigenvalue weighted by Crippen LogP contribution is 2.39. The molecule has 33 heavy (non-hydrogen) atoms. The third-order valence-corrected chi connectivity index (χ3v) is 5.84. The summed E-state index contributed by atoms with van der Waals surface area (Å²) < 4.78 is 5.13. The van der Waals surface area contributed by atoms with Crippen LogP contribution in [0.4, 0.5) is 5.82 Å². The number of carbonyl (C=O) groups excluding carboxylic acids is 1. The Kier molecular flexibility index (Phi) is 7.29. The van der Waals surface area contributed by atoms with Gasteiger partial charge in [0.15, 0.2) is 27.2 Å². The molecule has 2 aliphatic rings. The fraction of sp³-hybridized carbons (Fsp3) is 0.455. The van der Waals surface area contributed by atoms with E-state index in [4.69, 9.17) is 20.4 Å². The highest BCUT2D eigenvalue weighted by molar-refractivity contribution is 8.01. The molecule has 168 valence electrons. The van der Waals surface area contributed by atoms with Crippen LogP contribution >= 0.6 is 11.8 Å². The van der Waals surface area contributed by atoms with E-state index in [9.17, 15) is 9.90 Å². The number of anilines is 1. The van der Waals surface area contributed by atoms with Crippen molar-refractivity contribution < 1.29 is 14.6 Å². The second-order valence-corrected chi connectivity index (χ2v) is 9.09. The number of hydrogen-bond acceptors (Lipinski definition) is 8. The number of nitrogens with zero attached hydrogens (tertiary/aromatic N) is 3. The molecule has 4 rings (SSSR count). The maximum absolute atomic E-state index is 13.1. The first-order valence-corrected chi connectivity index (χ1v) is 12.2. The molecule has 2 saturated carbocycles. The molecule has 0 saturated heterocycles. The zero-order chi connectivity index (χ0) is 23.4. The van der Waals surface area contributed by atoms with E-state index in [0.717, 1.165) is 31.4 Å². The van der Waals surface area contributed by atoms with Crippen LogP contribution in [0.25, 0.3) is 0 Å². The lowest BCUT2D eigenvalue weighted by molar-refractivity contribution is 0.00846. The van der Waals surface area contributed by atoms with E-state index in [-0.39, 0.29) is 30.1 Å². The van der Waals surface area contributed by atoms with Gasteiger partial charge in [-0.2, -0.15) is 0 Å². The standard InChI is InChI=1S/C22H25B2N5O3S/c1-33-10-8-16(13-4-5-13)29-20(30)18-19(28-17(12-26-18)14-6-7-14)27-11-15-3-2-9-25-21(15)32-22(23,24)31/h2-3,8-10,12-14,16,31H,4-7,11H2,1H3,(H,27,28)(H,29,30)/b10-8+. The summed E-state index contributed by atoms with van der Waals surface area (Å²) in [6.07, 6.45) is 11.5. The molecule has 4 radical (unpaired) electrons. The molecule has 1 atom stereocenters. The first-order valence-electron chi connectivity index (χ1n) is 10.9. The number of rotatable bonds is 11. The molecule has 0 aromatic carbocycles. The van der Waals surface area contributed by atoms with Gasteiger partial charge >= 0.3 is 0 Å². The topological polar surface area (TPSA) is 109 Å². The molecule has 3 N–H and O–H groups in total. The Morgan fingerprint density at radius 3 is 2.82 bits per heavy atom. The van der Waals surface area contributed by atoms with Gasteiger partial charge < -0.3 is 20.5 Å². The molecule has 0 spiro atoms. The minimum atomic E-state index is -2.36. The van der Waals surface area contributed by atoms with Crippen molar-refractivity contribution in [2.45, 2.75) is 49.8 Å². The fourth-order valence-electron chi connectivity index (χ4n) is 3.41. The second-order valence-electron chi connectivity index (χ2n) is 8.34. The molecular formula is C22H25B2N5O3S. The summed E-state index contributed by atoms with van der Waals surface area (Å²) >= 11 is 1.60. The first kappa shape index (κ1) is 23.6. The molecule has 2 aliphatic carbocycles. The van der Waals surface area contributed by atoms with Crippen LogP contribution in [-0.4, -0.2) is 59.5 Å². The van der Waals surface area contributed by atoms with E-state index in [1.807, 2.05) is 17.7 Å². The van der Waals surface area contributed by atoms with Crippen LogP contribution in [-0.2, 0) is 6.54 Å². The lowest BCUT2D eigenvalue weighted by Gasteiger charge is -2.22. The van der Waals surface area contributed by atoms with Crippen molar-refractivity contribution in [3.63, 3.8) is 0 Å². The summed E-state index contributed by atoms with van der Waals surface area (Å²) in [5.74, 6) is 1.00. The van der Waals surface area contributed by atoms with Gasteiger partial charge in [-0.1, -0.05) is 12.1 Å². The lowest BCUT2D eigenvalue weighted by Crippen LogP contribution is -2.37. The van der Waals surface area contributed by atoms with Crippen molar-refractivity contribution in [2.75, 3.05) is 11.6 Å². The number of thioether (sulfide) groups is 1. The molecule has 2 aromatic heterocycles. The quantitative estimate of drug-likeness (QED) is 0.345. The van der Waals surface area contributed by atoms with E-state index in [1.165, 1.54) is 6.20 Å². The third kappa shape index (κ3) is 6.74. The van der Waals surface area contributed by atoms with Gasteiger partial charge in [-0.25, -0.2) is 15.0 Å². The Morgan fingerprint density at radius 1 is 1.36 bits per heavy atom. The average molecular weight is 461 g/mol. The average Bonchev–Trinajstić information content (AvgIpc) is 3.68. The van der Waals surface area contributed by atoms with Crippen molar-refractivity contribution in [1.29, 1.82) is 0 Å². The molecule has 0 aliphatic heterocycles. The van der Waals surface area contributed by atoms with Crippen LogP contribution in [0.1, 0.15) is 53.3 Å². The van der Waals surface area contributed by atoms with Crippen molar-refractivity contribution in [3.8, 4) is 5.88 Å². The van der Waals surface area contributed by atoms with E-state index in [0.29, 0.717) is 23.2 Å². The van der Waals surface area contributed by atoms with Gasteiger partial charge in [0.05, 0.1) is 11.7 Å². The molecule has 1 amide bonds. The van der Waals surface area contributed by atoms with Crippen molar-refractivity contribution in [1.82, 2.24) is 20.3 Å². The van der Waals surface area contributed by atoms with Gasteiger partial charge in [0, 0.05) is 30.4 Å². The van der Waals surface area contributed by atoms with Gasteiger partial charge in [0.1, 0.15) is 5.59 Å². The normalized spacial score (nSPS) is 17.0. The maximum atomic E-state index is 13.1.